The average Bonchev–Trinajstić information content (AvgIpc) is 2.99. The van der Waals surface area contributed by atoms with Gasteiger partial charge in [0.1, 0.15) is 43.7 Å². The summed E-state index contributed by atoms with van der Waals surface area (Å²) in [6.07, 6.45) is -8.09. The summed E-state index contributed by atoms with van der Waals surface area (Å²) in [6, 6.07) is 17.0. The van der Waals surface area contributed by atoms with Gasteiger partial charge >= 0.3 is 12.2 Å². The Balaban J connectivity index is 1.51. The number of aliphatic hydroxyl groups excluding tert-OH is 4. The molecule has 0 unspecified atom stereocenters. The molecule has 3 amide bonds. The van der Waals surface area contributed by atoms with Crippen LogP contribution < -0.4 is 16.0 Å². The lowest BCUT2D eigenvalue weighted by molar-refractivity contribution is -0.236. The van der Waals surface area contributed by atoms with Gasteiger partial charge in [-0.05, 0) is 30.4 Å². The summed E-state index contributed by atoms with van der Waals surface area (Å²) in [7, 11) is 0. The van der Waals surface area contributed by atoms with Crippen LogP contribution in [0.3, 0.4) is 0 Å². The highest BCUT2D eigenvalue weighted by Gasteiger charge is 2.44. The van der Waals surface area contributed by atoms with Gasteiger partial charge in [-0.3, -0.25) is 4.79 Å². The first-order valence-electron chi connectivity index (χ1n) is 13.3. The molecule has 0 radical (unpaired) electrons. The number of carbonyl (C=O) groups is 3. The minimum Gasteiger partial charge on any atom is -0.445 e. The van der Waals surface area contributed by atoms with E-state index < -0.39 is 61.4 Å². The van der Waals surface area contributed by atoms with Gasteiger partial charge in [0.2, 0.25) is 5.91 Å². The zero-order chi connectivity index (χ0) is 29.6. The van der Waals surface area contributed by atoms with Crippen molar-refractivity contribution in [1.82, 2.24) is 16.0 Å². The van der Waals surface area contributed by atoms with Crippen LogP contribution >= 0.6 is 0 Å². The average molecular weight is 576 g/mol. The molecule has 7 N–H and O–H groups in total. The van der Waals surface area contributed by atoms with Gasteiger partial charge in [-0.25, -0.2) is 9.59 Å². The molecule has 0 saturated carbocycles. The van der Waals surface area contributed by atoms with Crippen LogP contribution in [0, 0.1) is 0 Å². The molecular formula is C28H37N3O10. The van der Waals surface area contributed by atoms with Crippen molar-refractivity contribution in [3.05, 3.63) is 71.8 Å². The van der Waals surface area contributed by atoms with Crippen molar-refractivity contribution in [3.63, 3.8) is 0 Å². The molecule has 13 heteroatoms. The fourth-order valence-corrected chi connectivity index (χ4v) is 4.08. The van der Waals surface area contributed by atoms with Crippen molar-refractivity contribution in [2.24, 2.45) is 0 Å². The van der Waals surface area contributed by atoms with Crippen LogP contribution in [0.15, 0.2) is 60.7 Å². The summed E-state index contributed by atoms with van der Waals surface area (Å²) in [5, 5.41) is 47.2. The molecule has 1 aliphatic heterocycles. The van der Waals surface area contributed by atoms with Crippen molar-refractivity contribution in [2.45, 2.75) is 69.2 Å². The van der Waals surface area contributed by atoms with E-state index >= 15 is 0 Å². The normalized spacial score (nSPS) is 22.7. The number of amides is 3. The van der Waals surface area contributed by atoms with E-state index in [0.717, 1.165) is 11.1 Å². The monoisotopic (exact) mass is 575 g/mol. The Bertz CT molecular complexity index is 1090. The van der Waals surface area contributed by atoms with Gasteiger partial charge in [0.05, 0.1) is 6.61 Å². The van der Waals surface area contributed by atoms with E-state index in [-0.39, 0.29) is 26.2 Å². The van der Waals surface area contributed by atoms with E-state index in [4.69, 9.17) is 14.2 Å². The zero-order valence-electron chi connectivity index (χ0n) is 22.4. The van der Waals surface area contributed by atoms with Gasteiger partial charge in [-0.15, -0.1) is 0 Å². The van der Waals surface area contributed by atoms with Gasteiger partial charge in [0, 0.05) is 6.54 Å². The third-order valence-corrected chi connectivity index (χ3v) is 6.40. The van der Waals surface area contributed by atoms with Crippen molar-refractivity contribution in [3.8, 4) is 0 Å². The van der Waals surface area contributed by atoms with Crippen molar-refractivity contribution < 1.29 is 49.0 Å². The van der Waals surface area contributed by atoms with Crippen molar-refractivity contribution in [1.29, 1.82) is 0 Å². The Morgan fingerprint density at radius 2 is 1.39 bits per heavy atom. The lowest BCUT2D eigenvalue weighted by atomic mass is 9.98. The minimum absolute atomic E-state index is 0.0251. The molecule has 0 spiro atoms. The third-order valence-electron chi connectivity index (χ3n) is 6.40. The molecule has 1 aliphatic rings. The summed E-state index contributed by atoms with van der Waals surface area (Å²) < 4.78 is 15.7. The highest BCUT2D eigenvalue weighted by Crippen LogP contribution is 2.20. The summed E-state index contributed by atoms with van der Waals surface area (Å²) in [5.41, 5.74) is 1.59. The van der Waals surface area contributed by atoms with Gasteiger partial charge < -0.3 is 50.6 Å². The molecule has 41 heavy (non-hydrogen) atoms. The predicted octanol–water partition coefficient (Wildman–Crippen LogP) is 0.294. The summed E-state index contributed by atoms with van der Waals surface area (Å²) in [6.45, 7) is -0.302. The third kappa shape index (κ3) is 10.3. The summed E-state index contributed by atoms with van der Waals surface area (Å²) in [5.74, 6) is -0.749. The number of hydrogen-bond acceptors (Lipinski definition) is 10. The highest BCUT2D eigenvalue weighted by molar-refractivity contribution is 5.85. The number of hydrogen-bond donors (Lipinski definition) is 7. The van der Waals surface area contributed by atoms with Crippen LogP contribution in [-0.4, -0.2) is 88.4 Å². The number of aliphatic hydroxyl groups is 4. The van der Waals surface area contributed by atoms with E-state index in [1.54, 1.807) is 24.3 Å². The standard InChI is InChI=1S/C28H37N3O10/c32-15-21-22(33)23(34)24(35)26(41-21)31-25(36)20(30-28(38)40-17-19-11-5-2-6-12-19)13-7-8-14-29-27(37)39-16-18-9-3-1-4-10-18/h1-6,9-12,20-24,26,32-35H,7-8,13-17H2,(H,29,37)(H,30,38)(H,31,36)/t20-,21+,22+,23-,24+,26+/m0/s1. The molecule has 0 aromatic heterocycles. The lowest BCUT2D eigenvalue weighted by Crippen LogP contribution is -2.64. The van der Waals surface area contributed by atoms with E-state index in [2.05, 4.69) is 16.0 Å². The number of unbranched alkanes of at least 4 members (excludes halogenated alkanes) is 1. The molecule has 0 bridgehead atoms. The molecule has 1 fully saturated rings. The Morgan fingerprint density at radius 3 is 1.98 bits per heavy atom. The predicted molar refractivity (Wildman–Crippen MR) is 144 cm³/mol. The van der Waals surface area contributed by atoms with E-state index in [1.807, 2.05) is 36.4 Å². The highest BCUT2D eigenvalue weighted by atomic mass is 16.6. The van der Waals surface area contributed by atoms with Gasteiger partial charge in [0.15, 0.2) is 6.23 Å². The van der Waals surface area contributed by atoms with Crippen LogP contribution in [0.1, 0.15) is 30.4 Å². The first-order valence-corrected chi connectivity index (χ1v) is 13.3. The van der Waals surface area contributed by atoms with Crippen molar-refractivity contribution >= 4 is 18.1 Å². The van der Waals surface area contributed by atoms with Crippen LogP contribution in [0.5, 0.6) is 0 Å². The van der Waals surface area contributed by atoms with E-state index in [1.165, 1.54) is 0 Å². The van der Waals surface area contributed by atoms with Crippen LogP contribution in [0.2, 0.25) is 0 Å². The SMILES string of the molecule is O=C(NCCCC[C@H](NC(=O)OCc1ccccc1)C(=O)N[C@@H]1O[C@H](CO)[C@@H](O)[C@H](O)[C@H]1O)OCc1ccccc1. The Morgan fingerprint density at radius 1 is 0.805 bits per heavy atom. The minimum atomic E-state index is -1.69. The molecule has 224 valence electrons. The number of ether oxygens (including phenoxy) is 3. The number of alkyl carbamates (subject to hydrolysis) is 2. The molecule has 2 aromatic rings. The van der Waals surface area contributed by atoms with E-state index in [9.17, 15) is 34.8 Å². The topological polar surface area (TPSA) is 196 Å². The molecular weight excluding hydrogens is 538 g/mol. The maximum absolute atomic E-state index is 13.1. The summed E-state index contributed by atoms with van der Waals surface area (Å²) >= 11 is 0. The Hall–Kier alpha value is -3.75. The fraction of sp³-hybridized carbons (Fsp3) is 0.464. The van der Waals surface area contributed by atoms with Gasteiger partial charge in [-0.1, -0.05) is 60.7 Å². The maximum Gasteiger partial charge on any atom is 0.408 e. The Kier molecular flexibility index (Phi) is 12.8. The van der Waals surface area contributed by atoms with E-state index in [0.29, 0.717) is 12.8 Å². The second-order valence-corrected chi connectivity index (χ2v) is 9.50. The van der Waals surface area contributed by atoms with Crippen LogP contribution in [0.4, 0.5) is 9.59 Å². The summed E-state index contributed by atoms with van der Waals surface area (Å²) in [4.78, 5) is 37.5. The largest absolute Gasteiger partial charge is 0.445 e. The number of carbonyl (C=O) groups excluding carboxylic acids is 3. The smallest absolute Gasteiger partial charge is 0.408 e. The van der Waals surface area contributed by atoms with Crippen molar-refractivity contribution in [2.75, 3.05) is 13.2 Å². The molecule has 13 nitrogen and oxygen atoms in total. The van der Waals surface area contributed by atoms with Crippen LogP contribution in [-0.2, 0) is 32.2 Å². The molecule has 2 aromatic carbocycles. The first-order chi connectivity index (χ1) is 19.8. The number of nitrogens with one attached hydrogen (secondary N) is 3. The zero-order valence-corrected chi connectivity index (χ0v) is 22.4. The Labute approximate surface area is 237 Å². The second kappa shape index (κ2) is 16.5. The van der Waals surface area contributed by atoms with Gasteiger partial charge in [-0.2, -0.15) is 0 Å². The first kappa shape index (κ1) is 31.8. The molecule has 1 heterocycles. The molecule has 1 saturated heterocycles. The fourth-order valence-electron chi connectivity index (χ4n) is 4.08. The maximum atomic E-state index is 13.1. The number of benzene rings is 2. The lowest BCUT2D eigenvalue weighted by Gasteiger charge is -2.40. The number of rotatable bonds is 13. The molecule has 0 aliphatic carbocycles. The quantitative estimate of drug-likeness (QED) is 0.163. The second-order valence-electron chi connectivity index (χ2n) is 9.50. The van der Waals surface area contributed by atoms with Gasteiger partial charge in [0.25, 0.3) is 0 Å². The molecule has 3 rings (SSSR count). The van der Waals surface area contributed by atoms with Crippen LogP contribution in [0.25, 0.3) is 0 Å². The molecule has 6 atom stereocenters.